The van der Waals surface area contributed by atoms with Crippen molar-refractivity contribution in [1.82, 2.24) is 0 Å². The molecule has 2 atom stereocenters. The zero-order valence-electron chi connectivity index (χ0n) is 8.51. The smallest absolute Gasteiger partial charge is 0.244 e. The summed E-state index contributed by atoms with van der Waals surface area (Å²) in [5.41, 5.74) is -2.57. The molecule has 0 aromatic rings. The minimum absolute atomic E-state index is 0.466. The summed E-state index contributed by atoms with van der Waals surface area (Å²) in [6, 6.07) is 0. The molecule has 0 saturated carbocycles. The van der Waals surface area contributed by atoms with E-state index in [-0.39, 0.29) is 0 Å². The third kappa shape index (κ3) is 8.33. The lowest BCUT2D eigenvalue weighted by molar-refractivity contribution is 0.341. The number of thioether (sulfide) groups is 1. The van der Waals surface area contributed by atoms with E-state index in [1.54, 1.807) is 11.8 Å². The Hall–Kier alpha value is 1.01. The van der Waals surface area contributed by atoms with E-state index < -0.39 is 5.69 Å². The summed E-state index contributed by atoms with van der Waals surface area (Å²) < 4.78 is 5.10. The predicted molar refractivity (Wildman–Crippen MR) is 72.7 cm³/mol. The lowest BCUT2D eigenvalue weighted by atomic mass is 10.6. The van der Waals surface area contributed by atoms with Gasteiger partial charge in [-0.05, 0) is 18.7 Å². The van der Waals surface area contributed by atoms with Crippen LogP contribution in [0.25, 0.3) is 0 Å². The summed E-state index contributed by atoms with van der Waals surface area (Å²) in [6.45, 7) is 8.09. The fourth-order valence-corrected chi connectivity index (χ4v) is 5.48. The standard InChI is InChI=1S/C8H17O2PS3/c1-4-6-13-8(3)7-14-11(9,12)10-5-2/h4,8H,1,5-7H2,2-3H3,(H,9,12). The van der Waals surface area contributed by atoms with Crippen LogP contribution in [0.3, 0.4) is 0 Å². The highest BCUT2D eigenvalue weighted by Crippen LogP contribution is 2.56. The van der Waals surface area contributed by atoms with Crippen molar-refractivity contribution in [2.45, 2.75) is 19.1 Å². The van der Waals surface area contributed by atoms with Gasteiger partial charge in [0.1, 0.15) is 0 Å². The van der Waals surface area contributed by atoms with Gasteiger partial charge in [-0.25, -0.2) is 0 Å². The van der Waals surface area contributed by atoms with E-state index in [4.69, 9.17) is 16.3 Å². The third-order valence-corrected chi connectivity index (χ3v) is 7.21. The molecular formula is C8H17O2PS3. The van der Waals surface area contributed by atoms with Crippen molar-refractivity contribution in [3.63, 3.8) is 0 Å². The van der Waals surface area contributed by atoms with Gasteiger partial charge in [-0.2, -0.15) is 11.8 Å². The first-order valence-corrected chi connectivity index (χ1v) is 9.67. The van der Waals surface area contributed by atoms with Crippen molar-refractivity contribution in [3.05, 3.63) is 12.7 Å². The normalized spacial score (nSPS) is 17.4. The Labute approximate surface area is 99.8 Å². The third-order valence-electron chi connectivity index (χ3n) is 1.26. The molecule has 0 rings (SSSR count). The van der Waals surface area contributed by atoms with E-state index in [2.05, 4.69) is 13.5 Å². The zero-order chi connectivity index (χ0) is 11.0. The molecular weight excluding hydrogens is 255 g/mol. The van der Waals surface area contributed by atoms with Crippen LogP contribution in [-0.2, 0) is 16.3 Å². The van der Waals surface area contributed by atoms with Gasteiger partial charge in [0.05, 0.1) is 6.61 Å². The second kappa shape index (κ2) is 8.20. The highest BCUT2D eigenvalue weighted by Gasteiger charge is 2.15. The Morgan fingerprint density at radius 2 is 2.36 bits per heavy atom. The van der Waals surface area contributed by atoms with Gasteiger partial charge < -0.3 is 9.42 Å². The first kappa shape index (κ1) is 15.0. The molecule has 2 unspecified atom stereocenters. The fraction of sp³-hybridized carbons (Fsp3) is 0.750. The van der Waals surface area contributed by atoms with Gasteiger partial charge in [-0.15, -0.1) is 6.58 Å². The molecule has 0 aromatic heterocycles. The highest BCUT2D eigenvalue weighted by atomic mass is 32.9. The maximum absolute atomic E-state index is 9.63. The molecule has 0 saturated heterocycles. The fourth-order valence-electron chi connectivity index (χ4n) is 0.680. The molecule has 0 aliphatic carbocycles. The van der Waals surface area contributed by atoms with Crippen LogP contribution in [0.15, 0.2) is 12.7 Å². The van der Waals surface area contributed by atoms with Crippen LogP contribution in [0.5, 0.6) is 0 Å². The molecule has 0 bridgehead atoms. The van der Waals surface area contributed by atoms with Crippen molar-refractivity contribution < 1.29 is 9.42 Å². The quantitative estimate of drug-likeness (QED) is 0.541. The summed E-state index contributed by atoms with van der Waals surface area (Å²) in [5, 5.41) is 0.466. The van der Waals surface area contributed by atoms with E-state index in [9.17, 15) is 4.89 Å². The molecule has 2 nitrogen and oxygen atoms in total. The largest absolute Gasteiger partial charge is 0.337 e. The average Bonchev–Trinajstić information content (AvgIpc) is 2.11. The summed E-state index contributed by atoms with van der Waals surface area (Å²) in [7, 11) is 0. The van der Waals surface area contributed by atoms with Crippen LogP contribution in [-0.4, -0.2) is 28.3 Å². The number of rotatable bonds is 8. The second-order valence-electron chi connectivity index (χ2n) is 2.61. The van der Waals surface area contributed by atoms with E-state index in [0.717, 1.165) is 11.5 Å². The maximum atomic E-state index is 9.63. The Morgan fingerprint density at radius 3 is 2.86 bits per heavy atom. The summed E-state index contributed by atoms with van der Waals surface area (Å²) >= 11 is 8.12. The molecule has 0 spiro atoms. The van der Waals surface area contributed by atoms with E-state index in [1.807, 2.05) is 13.0 Å². The Kier molecular flexibility index (Phi) is 8.79. The van der Waals surface area contributed by atoms with Crippen molar-refractivity contribution in [2.75, 3.05) is 18.1 Å². The molecule has 0 aromatic carbocycles. The molecule has 84 valence electrons. The molecule has 1 N–H and O–H groups in total. The van der Waals surface area contributed by atoms with Crippen molar-refractivity contribution in [3.8, 4) is 0 Å². The van der Waals surface area contributed by atoms with Crippen molar-refractivity contribution >= 4 is 40.6 Å². The molecule has 0 aliphatic rings. The Bertz CT molecular complexity index is 211. The molecule has 0 heterocycles. The van der Waals surface area contributed by atoms with Crippen LogP contribution in [0.1, 0.15) is 13.8 Å². The summed E-state index contributed by atoms with van der Waals surface area (Å²) in [6.07, 6.45) is 1.88. The van der Waals surface area contributed by atoms with Crippen molar-refractivity contribution in [2.24, 2.45) is 0 Å². The van der Waals surface area contributed by atoms with Crippen molar-refractivity contribution in [1.29, 1.82) is 0 Å². The molecule has 0 radical (unpaired) electrons. The predicted octanol–water partition coefficient (Wildman–Crippen LogP) is 3.28. The lowest BCUT2D eigenvalue weighted by Gasteiger charge is -2.16. The monoisotopic (exact) mass is 272 g/mol. The van der Waals surface area contributed by atoms with Crippen LogP contribution < -0.4 is 0 Å². The van der Waals surface area contributed by atoms with Gasteiger partial charge in [-0.1, -0.05) is 24.4 Å². The summed E-state index contributed by atoms with van der Waals surface area (Å²) in [5.74, 6) is 1.76. The minimum Gasteiger partial charge on any atom is -0.337 e. The molecule has 0 amide bonds. The van der Waals surface area contributed by atoms with E-state index in [0.29, 0.717) is 11.9 Å². The molecule has 0 aliphatic heterocycles. The number of hydrogen-bond donors (Lipinski definition) is 1. The highest BCUT2D eigenvalue weighted by molar-refractivity contribution is 8.67. The molecule has 14 heavy (non-hydrogen) atoms. The van der Waals surface area contributed by atoms with Gasteiger partial charge in [0, 0.05) is 16.8 Å². The van der Waals surface area contributed by atoms with Gasteiger partial charge in [-0.3, -0.25) is 0 Å². The SMILES string of the molecule is C=CCSC(C)CSP(O)(=S)OCC. The summed E-state index contributed by atoms with van der Waals surface area (Å²) in [4.78, 5) is 9.63. The van der Waals surface area contributed by atoms with Gasteiger partial charge in [0.15, 0.2) is 0 Å². The zero-order valence-corrected chi connectivity index (χ0v) is 11.9. The second-order valence-corrected chi connectivity index (χ2v) is 10.3. The maximum Gasteiger partial charge on any atom is 0.244 e. The van der Waals surface area contributed by atoms with Crippen LogP contribution in [0, 0.1) is 0 Å². The number of hydrogen-bond acceptors (Lipinski definition) is 4. The first-order chi connectivity index (χ1) is 6.52. The topological polar surface area (TPSA) is 29.5 Å². The van der Waals surface area contributed by atoms with E-state index in [1.165, 1.54) is 11.4 Å². The minimum atomic E-state index is -2.57. The van der Waals surface area contributed by atoms with Crippen LogP contribution in [0.2, 0.25) is 0 Å². The molecule has 6 heteroatoms. The Balaban J connectivity index is 3.69. The van der Waals surface area contributed by atoms with Crippen LogP contribution in [0.4, 0.5) is 0 Å². The first-order valence-electron chi connectivity index (χ1n) is 4.36. The Morgan fingerprint density at radius 1 is 1.71 bits per heavy atom. The van der Waals surface area contributed by atoms with Gasteiger partial charge >= 0.3 is 0 Å². The van der Waals surface area contributed by atoms with Crippen LogP contribution >= 0.6 is 28.8 Å². The van der Waals surface area contributed by atoms with Gasteiger partial charge in [0.25, 0.3) is 0 Å². The van der Waals surface area contributed by atoms with E-state index >= 15 is 0 Å². The van der Waals surface area contributed by atoms with Gasteiger partial charge in [0.2, 0.25) is 5.69 Å². The lowest BCUT2D eigenvalue weighted by Crippen LogP contribution is -2.00. The average molecular weight is 272 g/mol. The molecule has 0 fully saturated rings.